The molecule has 0 saturated carbocycles. The molecule has 2 heterocycles. The van der Waals surface area contributed by atoms with Crippen LogP contribution in [-0.4, -0.2) is 21.2 Å². The Hall–Kier alpha value is -3.27. The third kappa shape index (κ3) is 4.36. The van der Waals surface area contributed by atoms with Crippen molar-refractivity contribution < 1.29 is 22.4 Å². The van der Waals surface area contributed by atoms with E-state index in [2.05, 4.69) is 10.3 Å². The van der Waals surface area contributed by atoms with Crippen molar-refractivity contribution in [3.63, 3.8) is 0 Å². The lowest BCUT2D eigenvalue weighted by molar-refractivity contribution is -0.137. The summed E-state index contributed by atoms with van der Waals surface area (Å²) in [6.45, 7) is 2.29. The minimum absolute atomic E-state index is 0.0422. The maximum Gasteiger partial charge on any atom is 0.416 e. The van der Waals surface area contributed by atoms with Gasteiger partial charge in [0.15, 0.2) is 5.16 Å². The number of carbonyl (C=O) groups is 1. The van der Waals surface area contributed by atoms with Gasteiger partial charge in [-0.05, 0) is 36.8 Å². The van der Waals surface area contributed by atoms with Gasteiger partial charge in [-0.2, -0.15) is 13.2 Å². The second kappa shape index (κ2) is 8.70. The Bertz CT molecular complexity index is 1360. The van der Waals surface area contributed by atoms with E-state index in [1.807, 2.05) is 13.0 Å². The molecule has 6 nitrogen and oxygen atoms in total. The van der Waals surface area contributed by atoms with Crippen molar-refractivity contribution in [1.82, 2.24) is 9.55 Å². The summed E-state index contributed by atoms with van der Waals surface area (Å²) in [5.41, 5.74) is -0.0381. The molecule has 1 N–H and O–H groups in total. The van der Waals surface area contributed by atoms with Crippen LogP contribution in [0, 0.1) is 0 Å². The molecule has 0 unspecified atom stereocenters. The van der Waals surface area contributed by atoms with Crippen LogP contribution in [0.4, 0.5) is 18.9 Å². The molecule has 0 bridgehead atoms. The highest BCUT2D eigenvalue weighted by atomic mass is 32.2. The summed E-state index contributed by atoms with van der Waals surface area (Å²) in [6, 6.07) is 11.6. The number of nitrogens with zero attached hydrogens (tertiary/aromatic N) is 2. The molecule has 2 aromatic heterocycles. The molecule has 4 aromatic rings. The molecule has 0 fully saturated rings. The first-order valence-corrected chi connectivity index (χ1v) is 10.8. The maximum atomic E-state index is 13.0. The molecule has 0 atom stereocenters. The van der Waals surface area contributed by atoms with Crippen LogP contribution in [0.3, 0.4) is 0 Å². The number of rotatable bonds is 6. The molecular formula is C22H18F3N3O3S. The summed E-state index contributed by atoms with van der Waals surface area (Å²) in [5.74, 6) is -0.642. The van der Waals surface area contributed by atoms with Crippen molar-refractivity contribution in [2.24, 2.45) is 0 Å². The first-order chi connectivity index (χ1) is 15.3. The topological polar surface area (TPSA) is 77.1 Å². The zero-order valence-electron chi connectivity index (χ0n) is 16.9. The van der Waals surface area contributed by atoms with Gasteiger partial charge in [-0.1, -0.05) is 36.9 Å². The zero-order chi connectivity index (χ0) is 22.9. The van der Waals surface area contributed by atoms with Crippen molar-refractivity contribution >= 4 is 45.4 Å². The number of carbonyl (C=O) groups excluding carboxylic acids is 1. The lowest BCUT2D eigenvalue weighted by Crippen LogP contribution is -2.23. The molecule has 0 saturated heterocycles. The molecular weight excluding hydrogens is 443 g/mol. The summed E-state index contributed by atoms with van der Waals surface area (Å²) in [6.07, 6.45) is -3.84. The lowest BCUT2D eigenvalue weighted by Gasteiger charge is -2.11. The highest BCUT2D eigenvalue weighted by Gasteiger charge is 2.30. The predicted octanol–water partition coefficient (Wildman–Crippen LogP) is 5.30. The minimum Gasteiger partial charge on any atom is -0.448 e. The van der Waals surface area contributed by atoms with Crippen LogP contribution in [0.2, 0.25) is 0 Å². The fraction of sp³-hybridized carbons (Fsp3) is 0.227. The zero-order valence-corrected chi connectivity index (χ0v) is 17.7. The largest absolute Gasteiger partial charge is 0.448 e. The van der Waals surface area contributed by atoms with E-state index in [1.165, 1.54) is 16.7 Å². The number of thioether (sulfide) groups is 1. The Balaban J connectivity index is 1.60. The van der Waals surface area contributed by atoms with E-state index < -0.39 is 17.6 Å². The molecule has 32 heavy (non-hydrogen) atoms. The Morgan fingerprint density at radius 1 is 1.19 bits per heavy atom. The molecule has 10 heteroatoms. The fourth-order valence-electron chi connectivity index (χ4n) is 3.28. The number of furan rings is 1. The predicted molar refractivity (Wildman–Crippen MR) is 117 cm³/mol. The Morgan fingerprint density at radius 2 is 1.97 bits per heavy atom. The van der Waals surface area contributed by atoms with Crippen LogP contribution in [0.1, 0.15) is 18.9 Å². The van der Waals surface area contributed by atoms with E-state index in [1.54, 1.807) is 18.2 Å². The summed E-state index contributed by atoms with van der Waals surface area (Å²) in [4.78, 5) is 29.9. The molecule has 0 aliphatic heterocycles. The van der Waals surface area contributed by atoms with Crippen LogP contribution in [0.15, 0.2) is 62.9 Å². The van der Waals surface area contributed by atoms with Gasteiger partial charge in [-0.25, -0.2) is 4.98 Å². The second-order valence-electron chi connectivity index (χ2n) is 7.04. The molecule has 0 aliphatic carbocycles. The van der Waals surface area contributed by atoms with Crippen LogP contribution in [0.25, 0.3) is 22.1 Å². The molecule has 2 aromatic carbocycles. The molecule has 1 amide bonds. The number of alkyl halides is 3. The van der Waals surface area contributed by atoms with Gasteiger partial charge in [0.25, 0.3) is 5.56 Å². The second-order valence-corrected chi connectivity index (χ2v) is 7.99. The van der Waals surface area contributed by atoms with Gasteiger partial charge in [0, 0.05) is 17.6 Å². The average Bonchev–Trinajstić information content (AvgIpc) is 3.13. The number of amides is 1. The summed E-state index contributed by atoms with van der Waals surface area (Å²) < 4.78 is 45.8. The number of benzene rings is 2. The van der Waals surface area contributed by atoms with Crippen molar-refractivity contribution in [2.75, 3.05) is 11.1 Å². The third-order valence-corrected chi connectivity index (χ3v) is 5.68. The standard InChI is InChI=1S/C22H18F3N3O3S/c1-2-10-28-20(30)19-18(15-8-3-4-9-16(15)31-19)27-21(28)32-12-17(29)26-14-7-5-6-13(11-14)22(23,24)25/h3-9,11H,2,10,12H2,1H3,(H,26,29). The van der Waals surface area contributed by atoms with Crippen molar-refractivity contribution in [1.29, 1.82) is 0 Å². The van der Waals surface area contributed by atoms with Gasteiger partial charge < -0.3 is 9.73 Å². The van der Waals surface area contributed by atoms with Crippen LogP contribution >= 0.6 is 11.8 Å². The molecule has 0 spiro atoms. The van der Waals surface area contributed by atoms with Gasteiger partial charge >= 0.3 is 6.18 Å². The van der Waals surface area contributed by atoms with E-state index in [0.29, 0.717) is 34.6 Å². The SMILES string of the molecule is CCCn1c(SCC(=O)Nc2cccc(C(F)(F)F)c2)nc2c(oc3ccccc32)c1=O. The molecule has 0 radical (unpaired) electrons. The number of para-hydroxylation sites is 1. The average molecular weight is 461 g/mol. The maximum absolute atomic E-state index is 13.0. The number of hydrogen-bond acceptors (Lipinski definition) is 5. The fourth-order valence-corrected chi connectivity index (χ4v) is 4.10. The van der Waals surface area contributed by atoms with Crippen molar-refractivity contribution in [2.45, 2.75) is 31.2 Å². The van der Waals surface area contributed by atoms with E-state index in [4.69, 9.17) is 4.42 Å². The van der Waals surface area contributed by atoms with Gasteiger partial charge in [0.05, 0.1) is 11.3 Å². The Labute approximate surface area is 184 Å². The first-order valence-electron chi connectivity index (χ1n) is 9.80. The van der Waals surface area contributed by atoms with E-state index >= 15 is 0 Å². The summed E-state index contributed by atoms with van der Waals surface area (Å²) in [7, 11) is 0. The molecule has 4 rings (SSSR count). The van der Waals surface area contributed by atoms with Crippen LogP contribution < -0.4 is 10.9 Å². The molecule has 0 aliphatic rings. The van der Waals surface area contributed by atoms with E-state index in [-0.39, 0.29) is 22.6 Å². The normalized spacial score (nSPS) is 11.9. The number of halogens is 3. The van der Waals surface area contributed by atoms with Gasteiger partial charge in [0.2, 0.25) is 11.5 Å². The quantitative estimate of drug-likeness (QED) is 0.311. The smallest absolute Gasteiger partial charge is 0.416 e. The Kier molecular flexibility index (Phi) is 5.96. The highest BCUT2D eigenvalue weighted by Crippen LogP contribution is 2.31. The third-order valence-electron chi connectivity index (χ3n) is 4.70. The number of anilines is 1. The van der Waals surface area contributed by atoms with Crippen molar-refractivity contribution in [3.05, 3.63) is 64.4 Å². The van der Waals surface area contributed by atoms with Gasteiger partial charge in [0.1, 0.15) is 11.1 Å². The van der Waals surface area contributed by atoms with Crippen molar-refractivity contribution in [3.8, 4) is 0 Å². The van der Waals surface area contributed by atoms with Crippen LogP contribution in [-0.2, 0) is 17.5 Å². The number of fused-ring (bicyclic) bond motifs is 3. The monoisotopic (exact) mass is 461 g/mol. The van der Waals surface area contributed by atoms with E-state index in [0.717, 1.165) is 23.9 Å². The van der Waals surface area contributed by atoms with Crippen LogP contribution in [0.5, 0.6) is 0 Å². The number of hydrogen-bond donors (Lipinski definition) is 1. The number of aromatic nitrogens is 2. The first kappa shape index (κ1) is 21.9. The van der Waals surface area contributed by atoms with Gasteiger partial charge in [-0.3, -0.25) is 14.2 Å². The lowest BCUT2D eigenvalue weighted by atomic mass is 10.2. The Morgan fingerprint density at radius 3 is 2.72 bits per heavy atom. The number of nitrogens with one attached hydrogen (secondary N) is 1. The van der Waals surface area contributed by atoms with E-state index in [9.17, 15) is 22.8 Å². The summed E-state index contributed by atoms with van der Waals surface area (Å²) >= 11 is 1.04. The highest BCUT2D eigenvalue weighted by molar-refractivity contribution is 7.99. The minimum atomic E-state index is -4.50. The molecule has 166 valence electrons. The summed E-state index contributed by atoms with van der Waals surface area (Å²) in [5, 5.41) is 3.49. The van der Waals surface area contributed by atoms with Gasteiger partial charge in [-0.15, -0.1) is 0 Å².